The van der Waals surface area contributed by atoms with Crippen molar-refractivity contribution < 1.29 is 19.2 Å². The molecule has 0 saturated carbocycles. The predicted octanol–water partition coefficient (Wildman–Crippen LogP) is 6.04. The molecule has 2 aromatic heterocycles. The van der Waals surface area contributed by atoms with Crippen LogP contribution in [0, 0.1) is 0 Å². The van der Waals surface area contributed by atoms with Gasteiger partial charge in [-0.25, -0.2) is 0 Å². The molecule has 2 aromatic carbocycles. The van der Waals surface area contributed by atoms with Crippen molar-refractivity contribution in [1.82, 2.24) is 14.7 Å². The van der Waals surface area contributed by atoms with Crippen molar-refractivity contribution in [2.75, 3.05) is 0 Å². The first-order valence-corrected chi connectivity index (χ1v) is 10.8. The topological polar surface area (TPSA) is 90.4 Å². The summed E-state index contributed by atoms with van der Waals surface area (Å²) in [5.41, 5.74) is 2.40. The minimum Gasteiger partial charge on any atom is -0.489 e. The first-order chi connectivity index (χ1) is 14.8. The van der Waals surface area contributed by atoms with Crippen LogP contribution in [0.25, 0.3) is 33.7 Å². The van der Waals surface area contributed by atoms with E-state index in [0.29, 0.717) is 34.6 Å². The Bertz CT molecular complexity index is 1270. The molecule has 0 amide bonds. The summed E-state index contributed by atoms with van der Waals surface area (Å²) in [4.78, 5) is 15.4. The highest BCUT2D eigenvalue weighted by molar-refractivity contribution is 9.10. The average Bonchev–Trinajstić information content (AvgIpc) is 3.33. The summed E-state index contributed by atoms with van der Waals surface area (Å²) in [5.74, 6) is 0.563. The Kier molecular flexibility index (Phi) is 6.02. The number of aryl methyl sites for hydroxylation is 1. The summed E-state index contributed by atoms with van der Waals surface area (Å²) in [7, 11) is 0. The van der Waals surface area contributed by atoms with Gasteiger partial charge in [0.05, 0.1) is 17.5 Å². The molecule has 4 aromatic rings. The molecule has 0 aliphatic heterocycles. The molecule has 2 heterocycles. The summed E-state index contributed by atoms with van der Waals surface area (Å²) >= 11 is 9.86. The van der Waals surface area contributed by atoms with Crippen LogP contribution in [0.2, 0.25) is 5.02 Å². The summed E-state index contributed by atoms with van der Waals surface area (Å²) in [5, 5.41) is 14.5. The standard InChI is InChI=1S/C22H19BrClN3O4/c1-12(2)30-19-6-4-14(10-17(19)24)22-25-21(26-31-22)13-3-5-18-15(9-13)16(23)11-27(18)8-7-20(28)29/h3-6,9-12H,7-8H2,1-2H3,(H,28,29). The van der Waals surface area contributed by atoms with Gasteiger partial charge in [-0.05, 0) is 66.2 Å². The maximum absolute atomic E-state index is 10.9. The van der Waals surface area contributed by atoms with Crippen LogP contribution in [0.5, 0.6) is 5.75 Å². The first-order valence-electron chi connectivity index (χ1n) is 9.62. The summed E-state index contributed by atoms with van der Waals surface area (Å²) in [6.07, 6.45) is 1.95. The molecule has 1 N–H and O–H groups in total. The van der Waals surface area contributed by atoms with Gasteiger partial charge in [-0.15, -0.1) is 0 Å². The van der Waals surface area contributed by atoms with Gasteiger partial charge in [0, 0.05) is 39.2 Å². The lowest BCUT2D eigenvalue weighted by molar-refractivity contribution is -0.137. The van der Waals surface area contributed by atoms with Crippen molar-refractivity contribution in [2.45, 2.75) is 32.9 Å². The van der Waals surface area contributed by atoms with E-state index in [0.717, 1.165) is 20.9 Å². The Hall–Kier alpha value is -2.84. The van der Waals surface area contributed by atoms with Crippen LogP contribution >= 0.6 is 27.5 Å². The number of fused-ring (bicyclic) bond motifs is 1. The molecule has 4 rings (SSSR count). The van der Waals surface area contributed by atoms with Gasteiger partial charge in [0.1, 0.15) is 5.75 Å². The number of benzene rings is 2. The van der Waals surface area contributed by atoms with E-state index in [1.807, 2.05) is 48.9 Å². The summed E-state index contributed by atoms with van der Waals surface area (Å²) < 4.78 is 13.9. The van der Waals surface area contributed by atoms with Crippen molar-refractivity contribution in [1.29, 1.82) is 0 Å². The van der Waals surface area contributed by atoms with Crippen LogP contribution < -0.4 is 4.74 Å². The number of halogens is 2. The summed E-state index contributed by atoms with van der Waals surface area (Å²) in [6, 6.07) is 11.1. The number of ether oxygens (including phenoxy) is 1. The van der Waals surface area contributed by atoms with E-state index in [1.165, 1.54) is 0 Å². The number of carbonyl (C=O) groups is 1. The molecular formula is C22H19BrClN3O4. The highest BCUT2D eigenvalue weighted by Gasteiger charge is 2.15. The fraction of sp³-hybridized carbons (Fsp3) is 0.227. The van der Waals surface area contributed by atoms with Crippen molar-refractivity contribution in [2.24, 2.45) is 0 Å². The van der Waals surface area contributed by atoms with E-state index in [2.05, 4.69) is 26.1 Å². The van der Waals surface area contributed by atoms with E-state index in [4.69, 9.17) is 26.0 Å². The molecule has 0 radical (unpaired) electrons. The molecule has 0 aliphatic carbocycles. The number of carboxylic acids is 1. The van der Waals surface area contributed by atoms with Crippen molar-refractivity contribution >= 4 is 44.4 Å². The Balaban J connectivity index is 1.62. The Labute approximate surface area is 191 Å². The number of rotatable bonds is 7. The zero-order chi connectivity index (χ0) is 22.1. The van der Waals surface area contributed by atoms with Gasteiger partial charge < -0.3 is 18.9 Å². The molecule has 0 fully saturated rings. The van der Waals surface area contributed by atoms with Gasteiger partial charge in [-0.3, -0.25) is 4.79 Å². The number of nitrogens with zero attached hydrogens (tertiary/aromatic N) is 3. The number of aromatic nitrogens is 3. The largest absolute Gasteiger partial charge is 0.489 e. The smallest absolute Gasteiger partial charge is 0.305 e. The van der Waals surface area contributed by atoms with E-state index < -0.39 is 5.97 Å². The number of hydrogen-bond acceptors (Lipinski definition) is 5. The maximum Gasteiger partial charge on any atom is 0.305 e. The van der Waals surface area contributed by atoms with Crippen LogP contribution in [0.1, 0.15) is 20.3 Å². The zero-order valence-electron chi connectivity index (χ0n) is 16.8. The van der Waals surface area contributed by atoms with Crippen LogP contribution in [-0.4, -0.2) is 31.9 Å². The van der Waals surface area contributed by atoms with Gasteiger partial charge in [0.25, 0.3) is 5.89 Å². The lowest BCUT2D eigenvalue weighted by atomic mass is 10.1. The minimum absolute atomic E-state index is 0.0200. The Morgan fingerprint density at radius 1 is 1.26 bits per heavy atom. The molecule has 0 aliphatic rings. The molecule has 31 heavy (non-hydrogen) atoms. The molecule has 0 bridgehead atoms. The summed E-state index contributed by atoms with van der Waals surface area (Å²) in [6.45, 7) is 4.26. The van der Waals surface area contributed by atoms with Gasteiger partial charge in [-0.2, -0.15) is 4.98 Å². The second-order valence-corrected chi connectivity index (χ2v) is 8.54. The maximum atomic E-state index is 10.9. The zero-order valence-corrected chi connectivity index (χ0v) is 19.1. The number of carboxylic acid groups (broad SMARTS) is 1. The van der Waals surface area contributed by atoms with Crippen LogP contribution in [0.15, 0.2) is 51.6 Å². The number of aliphatic carboxylic acids is 1. The van der Waals surface area contributed by atoms with Gasteiger partial charge >= 0.3 is 5.97 Å². The molecule has 0 spiro atoms. The third-order valence-electron chi connectivity index (χ3n) is 4.62. The van der Waals surface area contributed by atoms with Crippen LogP contribution in [-0.2, 0) is 11.3 Å². The Morgan fingerprint density at radius 2 is 2.03 bits per heavy atom. The lowest BCUT2D eigenvalue weighted by Gasteiger charge is -2.11. The lowest BCUT2D eigenvalue weighted by Crippen LogP contribution is -2.05. The van der Waals surface area contributed by atoms with Gasteiger partial charge in [0.2, 0.25) is 5.82 Å². The molecule has 0 unspecified atom stereocenters. The third-order valence-corrected chi connectivity index (χ3v) is 5.55. The minimum atomic E-state index is -0.835. The SMILES string of the molecule is CC(C)Oc1ccc(-c2nc(-c3ccc4c(c3)c(Br)cn4CCC(=O)O)no2)cc1Cl. The van der Waals surface area contributed by atoms with Gasteiger partial charge in [0.15, 0.2) is 0 Å². The molecular weight excluding hydrogens is 486 g/mol. The normalized spacial score (nSPS) is 11.4. The molecule has 0 atom stereocenters. The molecule has 7 nitrogen and oxygen atoms in total. The van der Waals surface area contributed by atoms with Crippen molar-refractivity contribution in [3.63, 3.8) is 0 Å². The second-order valence-electron chi connectivity index (χ2n) is 7.28. The molecule has 0 saturated heterocycles. The predicted molar refractivity (Wildman–Crippen MR) is 121 cm³/mol. The average molecular weight is 505 g/mol. The monoisotopic (exact) mass is 503 g/mol. The fourth-order valence-electron chi connectivity index (χ4n) is 3.24. The first kappa shape index (κ1) is 21.4. The number of hydrogen-bond donors (Lipinski definition) is 1. The quantitative estimate of drug-likeness (QED) is 0.330. The molecule has 160 valence electrons. The Morgan fingerprint density at radius 3 is 2.74 bits per heavy atom. The van der Waals surface area contributed by atoms with Crippen molar-refractivity contribution in [3.8, 4) is 28.6 Å². The van der Waals surface area contributed by atoms with Gasteiger partial charge in [-0.1, -0.05) is 16.8 Å². The van der Waals surface area contributed by atoms with E-state index in [9.17, 15) is 4.79 Å². The highest BCUT2D eigenvalue weighted by Crippen LogP contribution is 2.33. The van der Waals surface area contributed by atoms with Crippen molar-refractivity contribution in [3.05, 3.63) is 52.1 Å². The van der Waals surface area contributed by atoms with Crippen LogP contribution in [0.4, 0.5) is 0 Å². The van der Waals surface area contributed by atoms with Crippen LogP contribution in [0.3, 0.4) is 0 Å². The van der Waals surface area contributed by atoms with E-state index in [1.54, 1.807) is 12.1 Å². The van der Waals surface area contributed by atoms with E-state index >= 15 is 0 Å². The third kappa shape index (κ3) is 4.60. The second kappa shape index (κ2) is 8.72. The molecule has 9 heteroatoms. The van der Waals surface area contributed by atoms with E-state index in [-0.39, 0.29) is 12.5 Å². The fourth-order valence-corrected chi connectivity index (χ4v) is 4.03. The highest BCUT2D eigenvalue weighted by atomic mass is 79.9.